The summed E-state index contributed by atoms with van der Waals surface area (Å²) in [6.07, 6.45) is 1.39. The van der Waals surface area contributed by atoms with Crippen molar-refractivity contribution in [3.8, 4) is 5.75 Å². The lowest BCUT2D eigenvalue weighted by Gasteiger charge is -2.08. The van der Waals surface area contributed by atoms with Gasteiger partial charge in [-0.3, -0.25) is 4.79 Å². The molecule has 0 aliphatic carbocycles. The second-order valence-electron chi connectivity index (χ2n) is 3.75. The second kappa shape index (κ2) is 5.89. The van der Waals surface area contributed by atoms with Crippen LogP contribution in [0.3, 0.4) is 0 Å². The zero-order valence-corrected chi connectivity index (χ0v) is 11.0. The number of rotatable bonds is 5. The van der Waals surface area contributed by atoms with E-state index in [1.54, 1.807) is 14.0 Å². The Morgan fingerprint density at radius 3 is 2.81 bits per heavy atom. The predicted octanol–water partition coefficient (Wildman–Crippen LogP) is 3.11. The van der Waals surface area contributed by atoms with E-state index in [1.807, 2.05) is 18.2 Å². The largest absolute Gasteiger partial charge is 0.496 e. The highest BCUT2D eigenvalue weighted by molar-refractivity contribution is 9.10. The fraction of sp³-hybridized carbons (Fsp3) is 0.417. The van der Waals surface area contributed by atoms with Gasteiger partial charge in [-0.05, 0) is 46.5 Å². The number of carboxylic acids is 1. The van der Waals surface area contributed by atoms with Gasteiger partial charge < -0.3 is 9.84 Å². The van der Waals surface area contributed by atoms with E-state index in [2.05, 4.69) is 15.9 Å². The summed E-state index contributed by atoms with van der Waals surface area (Å²) >= 11 is 3.37. The van der Waals surface area contributed by atoms with Crippen LogP contribution in [-0.2, 0) is 11.2 Å². The first-order chi connectivity index (χ1) is 7.54. The molecule has 1 N–H and O–H groups in total. The van der Waals surface area contributed by atoms with Gasteiger partial charge in [0.15, 0.2) is 0 Å². The van der Waals surface area contributed by atoms with Crippen LogP contribution in [0, 0.1) is 5.92 Å². The van der Waals surface area contributed by atoms with Crippen LogP contribution in [0.5, 0.6) is 5.75 Å². The molecule has 0 radical (unpaired) electrons. The molecular formula is C12H15BrO3. The second-order valence-corrected chi connectivity index (χ2v) is 4.60. The van der Waals surface area contributed by atoms with Crippen molar-refractivity contribution in [1.82, 2.24) is 0 Å². The van der Waals surface area contributed by atoms with Gasteiger partial charge >= 0.3 is 5.97 Å². The molecule has 0 amide bonds. The van der Waals surface area contributed by atoms with Crippen LogP contribution >= 0.6 is 15.9 Å². The molecule has 0 fully saturated rings. The summed E-state index contributed by atoms with van der Waals surface area (Å²) < 4.78 is 6.08. The van der Waals surface area contributed by atoms with Crippen LogP contribution < -0.4 is 4.74 Å². The number of hydrogen-bond donors (Lipinski definition) is 1. The van der Waals surface area contributed by atoms with Crippen LogP contribution in [0.15, 0.2) is 22.7 Å². The van der Waals surface area contributed by atoms with Crippen molar-refractivity contribution in [2.75, 3.05) is 7.11 Å². The zero-order valence-electron chi connectivity index (χ0n) is 9.37. The van der Waals surface area contributed by atoms with Crippen LogP contribution in [0.1, 0.15) is 18.9 Å². The summed E-state index contributed by atoms with van der Waals surface area (Å²) in [4.78, 5) is 10.7. The van der Waals surface area contributed by atoms with Crippen molar-refractivity contribution >= 4 is 21.9 Å². The van der Waals surface area contributed by atoms with Crippen molar-refractivity contribution in [2.24, 2.45) is 5.92 Å². The van der Waals surface area contributed by atoms with Gasteiger partial charge in [-0.1, -0.05) is 13.0 Å². The Morgan fingerprint density at radius 2 is 2.25 bits per heavy atom. The number of methoxy groups -OCH3 is 1. The molecule has 1 aromatic rings. The predicted molar refractivity (Wildman–Crippen MR) is 65.8 cm³/mol. The molecule has 1 atom stereocenters. The topological polar surface area (TPSA) is 46.5 Å². The van der Waals surface area contributed by atoms with E-state index >= 15 is 0 Å². The molecule has 4 heteroatoms. The van der Waals surface area contributed by atoms with Crippen molar-refractivity contribution in [3.63, 3.8) is 0 Å². The number of benzene rings is 1. The van der Waals surface area contributed by atoms with Gasteiger partial charge in [0.05, 0.1) is 17.5 Å². The number of hydrogen-bond acceptors (Lipinski definition) is 2. The molecular weight excluding hydrogens is 272 g/mol. The van der Waals surface area contributed by atoms with Gasteiger partial charge in [0.25, 0.3) is 0 Å². The number of halogens is 1. The summed E-state index contributed by atoms with van der Waals surface area (Å²) in [7, 11) is 1.61. The maximum Gasteiger partial charge on any atom is 0.306 e. The van der Waals surface area contributed by atoms with Crippen molar-refractivity contribution in [3.05, 3.63) is 28.2 Å². The molecule has 0 aromatic heterocycles. The molecule has 0 heterocycles. The summed E-state index contributed by atoms with van der Waals surface area (Å²) in [6.45, 7) is 1.72. The van der Waals surface area contributed by atoms with Gasteiger partial charge in [-0.15, -0.1) is 0 Å². The third-order valence-corrected chi connectivity index (χ3v) is 3.16. The Bertz CT molecular complexity index is 377. The SMILES string of the molecule is COc1cc(CCC(C)C(=O)O)ccc1Br. The quantitative estimate of drug-likeness (QED) is 0.905. The molecule has 16 heavy (non-hydrogen) atoms. The Morgan fingerprint density at radius 1 is 1.56 bits per heavy atom. The average Bonchev–Trinajstić information content (AvgIpc) is 2.27. The smallest absolute Gasteiger partial charge is 0.306 e. The maximum atomic E-state index is 10.7. The standard InChI is InChI=1S/C12H15BrO3/c1-8(12(14)15)3-4-9-5-6-10(13)11(7-9)16-2/h5-8H,3-4H2,1-2H3,(H,14,15). The summed E-state index contributed by atoms with van der Waals surface area (Å²) in [5.41, 5.74) is 1.09. The van der Waals surface area contributed by atoms with Crippen molar-refractivity contribution in [1.29, 1.82) is 0 Å². The molecule has 0 bridgehead atoms. The van der Waals surface area contributed by atoms with Crippen LogP contribution in [-0.4, -0.2) is 18.2 Å². The Labute approximate surface area is 104 Å². The van der Waals surface area contributed by atoms with E-state index in [4.69, 9.17) is 9.84 Å². The van der Waals surface area contributed by atoms with Gasteiger partial charge in [0.1, 0.15) is 5.75 Å². The molecule has 1 unspecified atom stereocenters. The van der Waals surface area contributed by atoms with Gasteiger partial charge in [0, 0.05) is 0 Å². The van der Waals surface area contributed by atoms with Gasteiger partial charge in [-0.25, -0.2) is 0 Å². The van der Waals surface area contributed by atoms with Crippen molar-refractivity contribution in [2.45, 2.75) is 19.8 Å². The Hall–Kier alpha value is -1.03. The fourth-order valence-corrected chi connectivity index (χ4v) is 1.77. The molecule has 1 aromatic carbocycles. The molecule has 0 spiro atoms. The monoisotopic (exact) mass is 286 g/mol. The number of carbonyl (C=O) groups is 1. The normalized spacial score (nSPS) is 12.2. The molecule has 88 valence electrons. The fourth-order valence-electron chi connectivity index (χ4n) is 1.37. The average molecular weight is 287 g/mol. The molecule has 1 rings (SSSR count). The molecule has 3 nitrogen and oxygen atoms in total. The zero-order chi connectivity index (χ0) is 12.1. The highest BCUT2D eigenvalue weighted by Gasteiger charge is 2.11. The van der Waals surface area contributed by atoms with Crippen LogP contribution in [0.2, 0.25) is 0 Å². The molecule has 0 saturated carbocycles. The summed E-state index contributed by atoms with van der Waals surface area (Å²) in [5.74, 6) is -0.279. The maximum absolute atomic E-state index is 10.7. The molecule has 0 aliphatic rings. The first-order valence-corrected chi connectivity index (χ1v) is 5.89. The van der Waals surface area contributed by atoms with Crippen LogP contribution in [0.4, 0.5) is 0 Å². The first-order valence-electron chi connectivity index (χ1n) is 5.09. The third kappa shape index (κ3) is 3.52. The highest BCUT2D eigenvalue weighted by Crippen LogP contribution is 2.26. The lowest BCUT2D eigenvalue weighted by atomic mass is 10.0. The van der Waals surface area contributed by atoms with Crippen LogP contribution in [0.25, 0.3) is 0 Å². The van der Waals surface area contributed by atoms with E-state index < -0.39 is 5.97 Å². The third-order valence-electron chi connectivity index (χ3n) is 2.50. The van der Waals surface area contributed by atoms with Gasteiger partial charge in [-0.2, -0.15) is 0 Å². The van der Waals surface area contributed by atoms with Crippen molar-refractivity contribution < 1.29 is 14.6 Å². The van der Waals surface area contributed by atoms with E-state index in [9.17, 15) is 4.79 Å². The van der Waals surface area contributed by atoms with Gasteiger partial charge in [0.2, 0.25) is 0 Å². The molecule has 0 saturated heterocycles. The lowest BCUT2D eigenvalue weighted by molar-refractivity contribution is -0.141. The summed E-state index contributed by atoms with van der Waals surface area (Å²) in [6, 6.07) is 5.82. The summed E-state index contributed by atoms with van der Waals surface area (Å²) in [5, 5.41) is 8.77. The number of carboxylic acid groups (broad SMARTS) is 1. The minimum atomic E-state index is -0.746. The number of aryl methyl sites for hydroxylation is 1. The first kappa shape index (κ1) is 13.0. The molecule has 0 aliphatic heterocycles. The van der Waals surface area contributed by atoms with E-state index in [0.29, 0.717) is 6.42 Å². The minimum absolute atomic E-state index is 0.311. The van der Waals surface area contributed by atoms with E-state index in [1.165, 1.54) is 0 Å². The Kier molecular flexibility index (Phi) is 4.80. The Balaban J connectivity index is 2.64. The number of aliphatic carboxylic acids is 1. The van der Waals surface area contributed by atoms with E-state index in [0.717, 1.165) is 22.2 Å². The minimum Gasteiger partial charge on any atom is -0.496 e. The highest BCUT2D eigenvalue weighted by atomic mass is 79.9. The van der Waals surface area contributed by atoms with E-state index in [-0.39, 0.29) is 5.92 Å². The lowest BCUT2D eigenvalue weighted by Crippen LogP contribution is -2.10. The number of ether oxygens (including phenoxy) is 1.